The van der Waals surface area contributed by atoms with E-state index in [0.29, 0.717) is 33.2 Å². The van der Waals surface area contributed by atoms with Gasteiger partial charge >= 0.3 is 5.97 Å². The van der Waals surface area contributed by atoms with Crippen LogP contribution in [0.15, 0.2) is 59.4 Å². The first-order chi connectivity index (χ1) is 13.0. The summed E-state index contributed by atoms with van der Waals surface area (Å²) >= 11 is 5.91. The van der Waals surface area contributed by atoms with Gasteiger partial charge in [-0.1, -0.05) is 35.9 Å². The predicted molar refractivity (Wildman–Crippen MR) is 101 cm³/mol. The van der Waals surface area contributed by atoms with Crippen molar-refractivity contribution in [3.8, 4) is 34.2 Å². The average Bonchev–Trinajstić information content (AvgIpc) is 2.66. The number of halogens is 1. The molecule has 0 aliphatic carbocycles. The molecule has 1 aromatic heterocycles. The number of aliphatic carboxylic acids is 1. The lowest BCUT2D eigenvalue weighted by atomic mass is 9.99. The number of benzene rings is 2. The van der Waals surface area contributed by atoms with Crippen molar-refractivity contribution in [2.24, 2.45) is 0 Å². The van der Waals surface area contributed by atoms with E-state index in [1.54, 1.807) is 54.6 Å². The van der Waals surface area contributed by atoms with Crippen molar-refractivity contribution in [2.75, 3.05) is 6.61 Å². The molecular weight excluding hydrogens is 368 g/mol. The molecule has 0 atom stereocenters. The number of H-pyrrole nitrogens is 1. The molecule has 0 radical (unpaired) electrons. The molecule has 0 spiro atoms. The van der Waals surface area contributed by atoms with E-state index < -0.39 is 18.1 Å². The molecule has 7 heteroatoms. The number of ether oxygens (including phenoxy) is 1. The zero-order valence-corrected chi connectivity index (χ0v) is 14.7. The largest absolute Gasteiger partial charge is 0.482 e. The van der Waals surface area contributed by atoms with E-state index in [-0.39, 0.29) is 5.56 Å². The Balaban J connectivity index is 2.09. The highest BCUT2D eigenvalue weighted by atomic mass is 35.5. The zero-order valence-electron chi connectivity index (χ0n) is 13.9. The van der Waals surface area contributed by atoms with Crippen LogP contribution in [-0.2, 0) is 4.79 Å². The number of carboxylic acids is 1. The van der Waals surface area contributed by atoms with Gasteiger partial charge in [-0.05, 0) is 35.9 Å². The van der Waals surface area contributed by atoms with Crippen molar-refractivity contribution in [1.29, 1.82) is 5.26 Å². The van der Waals surface area contributed by atoms with E-state index in [9.17, 15) is 14.9 Å². The first kappa shape index (κ1) is 18.2. The van der Waals surface area contributed by atoms with Crippen LogP contribution in [0.2, 0.25) is 5.02 Å². The zero-order chi connectivity index (χ0) is 19.4. The van der Waals surface area contributed by atoms with Crippen LogP contribution in [0.3, 0.4) is 0 Å². The van der Waals surface area contributed by atoms with E-state index in [1.165, 1.54) is 0 Å². The molecule has 0 saturated carbocycles. The Morgan fingerprint density at radius 1 is 1.15 bits per heavy atom. The van der Waals surface area contributed by atoms with Gasteiger partial charge in [0.25, 0.3) is 5.56 Å². The molecule has 0 aliphatic rings. The van der Waals surface area contributed by atoms with Crippen molar-refractivity contribution in [3.05, 3.63) is 75.5 Å². The van der Waals surface area contributed by atoms with Crippen molar-refractivity contribution >= 4 is 17.6 Å². The lowest BCUT2D eigenvalue weighted by Gasteiger charge is -2.10. The van der Waals surface area contributed by atoms with Crippen LogP contribution >= 0.6 is 11.6 Å². The number of aromatic amines is 1. The Labute approximate surface area is 159 Å². The molecule has 0 amide bonds. The smallest absolute Gasteiger partial charge is 0.341 e. The molecule has 0 unspecified atom stereocenters. The Bertz CT molecular complexity index is 1100. The Morgan fingerprint density at radius 3 is 2.56 bits per heavy atom. The van der Waals surface area contributed by atoms with Crippen molar-refractivity contribution < 1.29 is 14.6 Å². The summed E-state index contributed by atoms with van der Waals surface area (Å²) in [5.74, 6) is -0.731. The molecule has 27 heavy (non-hydrogen) atoms. The molecule has 1 heterocycles. The van der Waals surface area contributed by atoms with Gasteiger partial charge in [0, 0.05) is 21.8 Å². The number of nitrogens with zero attached hydrogens (tertiary/aromatic N) is 1. The third-order valence-electron chi connectivity index (χ3n) is 3.81. The van der Waals surface area contributed by atoms with E-state index in [2.05, 4.69) is 4.98 Å². The second-order valence-corrected chi connectivity index (χ2v) is 6.07. The fraction of sp³-hybridized carbons (Fsp3) is 0.0500. The number of pyridine rings is 1. The van der Waals surface area contributed by atoms with Crippen LogP contribution in [0, 0.1) is 11.3 Å². The molecule has 0 saturated heterocycles. The van der Waals surface area contributed by atoms with Crippen LogP contribution in [0.25, 0.3) is 22.4 Å². The van der Waals surface area contributed by atoms with Crippen molar-refractivity contribution in [1.82, 2.24) is 4.98 Å². The van der Waals surface area contributed by atoms with E-state index in [0.717, 1.165) is 0 Å². The first-order valence-electron chi connectivity index (χ1n) is 7.86. The highest BCUT2D eigenvalue weighted by Crippen LogP contribution is 2.28. The van der Waals surface area contributed by atoms with Crippen molar-refractivity contribution in [2.45, 2.75) is 0 Å². The summed E-state index contributed by atoms with van der Waals surface area (Å²) in [6, 6.07) is 17.1. The van der Waals surface area contributed by atoms with Gasteiger partial charge in [-0.3, -0.25) is 4.79 Å². The van der Waals surface area contributed by atoms with Gasteiger partial charge < -0.3 is 14.8 Å². The molecule has 6 nitrogen and oxygen atoms in total. The lowest BCUT2D eigenvalue weighted by Crippen LogP contribution is -2.13. The molecule has 3 aromatic rings. The molecule has 2 N–H and O–H groups in total. The summed E-state index contributed by atoms with van der Waals surface area (Å²) in [6.45, 7) is -0.469. The summed E-state index contributed by atoms with van der Waals surface area (Å²) in [5.41, 5.74) is 1.74. The molecule has 0 aliphatic heterocycles. The predicted octanol–water partition coefficient (Wildman–Crippen LogP) is 3.70. The summed E-state index contributed by atoms with van der Waals surface area (Å²) in [7, 11) is 0. The standard InChI is InChI=1S/C20H13ClN2O4/c21-14-6-4-12(5-7-14)16-9-18(23-20(26)17(16)10-22)13-2-1-3-15(8-13)27-11-19(24)25/h1-9H,11H2,(H,23,26)(H,24,25). The van der Waals surface area contributed by atoms with Crippen LogP contribution in [0.4, 0.5) is 0 Å². The number of hydrogen-bond donors (Lipinski definition) is 2. The Hall–Kier alpha value is -3.56. The molecule has 3 rings (SSSR count). The molecule has 0 bridgehead atoms. The number of carbonyl (C=O) groups is 1. The van der Waals surface area contributed by atoms with Gasteiger partial charge in [-0.2, -0.15) is 5.26 Å². The highest BCUT2D eigenvalue weighted by Gasteiger charge is 2.13. The highest BCUT2D eigenvalue weighted by molar-refractivity contribution is 6.30. The number of carboxylic acid groups (broad SMARTS) is 1. The summed E-state index contributed by atoms with van der Waals surface area (Å²) in [5, 5.41) is 18.6. The SMILES string of the molecule is N#Cc1c(-c2ccc(Cl)cc2)cc(-c2cccc(OCC(=O)O)c2)[nH]c1=O. The first-order valence-corrected chi connectivity index (χ1v) is 8.24. The minimum Gasteiger partial charge on any atom is -0.482 e. The second kappa shape index (κ2) is 7.77. The van der Waals surface area contributed by atoms with Gasteiger partial charge in [0.15, 0.2) is 6.61 Å². The van der Waals surface area contributed by atoms with Gasteiger partial charge in [0.2, 0.25) is 0 Å². The summed E-state index contributed by atoms with van der Waals surface area (Å²) in [6.07, 6.45) is 0. The lowest BCUT2D eigenvalue weighted by molar-refractivity contribution is -0.139. The van der Waals surface area contributed by atoms with Gasteiger partial charge in [-0.15, -0.1) is 0 Å². The van der Waals surface area contributed by atoms with Crippen LogP contribution in [0.1, 0.15) is 5.56 Å². The molecule has 0 fully saturated rings. The Morgan fingerprint density at radius 2 is 1.89 bits per heavy atom. The topological polar surface area (TPSA) is 103 Å². The van der Waals surface area contributed by atoms with Crippen LogP contribution < -0.4 is 10.3 Å². The van der Waals surface area contributed by atoms with E-state index >= 15 is 0 Å². The monoisotopic (exact) mass is 380 g/mol. The molecule has 134 valence electrons. The molecular formula is C20H13ClN2O4. The van der Waals surface area contributed by atoms with E-state index in [4.69, 9.17) is 21.4 Å². The fourth-order valence-electron chi connectivity index (χ4n) is 2.58. The van der Waals surface area contributed by atoms with Crippen LogP contribution in [-0.4, -0.2) is 22.7 Å². The second-order valence-electron chi connectivity index (χ2n) is 5.63. The number of nitrogens with one attached hydrogen (secondary N) is 1. The maximum absolute atomic E-state index is 12.4. The number of aromatic nitrogens is 1. The minimum absolute atomic E-state index is 0.000598. The Kier molecular flexibility index (Phi) is 5.25. The fourth-order valence-corrected chi connectivity index (χ4v) is 2.71. The quantitative estimate of drug-likeness (QED) is 0.702. The number of rotatable bonds is 5. The van der Waals surface area contributed by atoms with Gasteiger partial charge in [0.05, 0.1) is 0 Å². The number of hydrogen-bond acceptors (Lipinski definition) is 4. The minimum atomic E-state index is -1.09. The summed E-state index contributed by atoms with van der Waals surface area (Å²) in [4.78, 5) is 25.7. The third kappa shape index (κ3) is 4.17. The summed E-state index contributed by atoms with van der Waals surface area (Å²) < 4.78 is 5.17. The van der Waals surface area contributed by atoms with E-state index in [1.807, 2.05) is 6.07 Å². The molecule has 2 aromatic carbocycles. The van der Waals surface area contributed by atoms with Crippen molar-refractivity contribution in [3.63, 3.8) is 0 Å². The van der Waals surface area contributed by atoms with Gasteiger partial charge in [0.1, 0.15) is 17.4 Å². The average molecular weight is 381 g/mol. The maximum atomic E-state index is 12.4. The third-order valence-corrected chi connectivity index (χ3v) is 4.06. The van der Waals surface area contributed by atoms with Crippen LogP contribution in [0.5, 0.6) is 5.75 Å². The number of nitriles is 1. The maximum Gasteiger partial charge on any atom is 0.341 e. The van der Waals surface area contributed by atoms with Gasteiger partial charge in [-0.25, -0.2) is 4.79 Å². The normalized spacial score (nSPS) is 10.2.